The van der Waals surface area contributed by atoms with Gasteiger partial charge in [0.15, 0.2) is 0 Å². The third-order valence-corrected chi connectivity index (χ3v) is 5.23. The highest BCUT2D eigenvalue weighted by molar-refractivity contribution is 9.10. The molecule has 1 aromatic carbocycles. The van der Waals surface area contributed by atoms with Crippen LogP contribution in [0.4, 0.5) is 0 Å². The molecule has 2 unspecified atom stereocenters. The third-order valence-electron chi connectivity index (χ3n) is 4.50. The SMILES string of the molecule is CC1CN(Cc2ccccc2CNC(=O)c2cc(Br)cnc2Cl)CC(C)O1. The summed E-state index contributed by atoms with van der Waals surface area (Å²) >= 11 is 9.37. The Morgan fingerprint density at radius 1 is 1.30 bits per heavy atom. The molecule has 1 aliphatic heterocycles. The van der Waals surface area contributed by atoms with E-state index in [-0.39, 0.29) is 23.3 Å². The van der Waals surface area contributed by atoms with Crippen LogP contribution in [0, 0.1) is 0 Å². The molecule has 27 heavy (non-hydrogen) atoms. The Kier molecular flexibility index (Phi) is 6.87. The summed E-state index contributed by atoms with van der Waals surface area (Å²) in [6.45, 7) is 7.29. The lowest BCUT2D eigenvalue weighted by Gasteiger charge is -2.35. The van der Waals surface area contributed by atoms with Crippen LogP contribution in [0.5, 0.6) is 0 Å². The summed E-state index contributed by atoms with van der Waals surface area (Å²) in [5.41, 5.74) is 2.66. The number of carbonyl (C=O) groups excluding carboxylic acids is 1. The molecular weight excluding hydrogens is 430 g/mol. The molecule has 144 valence electrons. The minimum Gasteiger partial charge on any atom is -0.373 e. The second-order valence-electron chi connectivity index (χ2n) is 6.89. The van der Waals surface area contributed by atoms with Gasteiger partial charge in [-0.3, -0.25) is 9.69 Å². The zero-order valence-corrected chi connectivity index (χ0v) is 17.8. The van der Waals surface area contributed by atoms with Crippen LogP contribution >= 0.6 is 27.5 Å². The van der Waals surface area contributed by atoms with E-state index in [4.69, 9.17) is 16.3 Å². The number of carbonyl (C=O) groups is 1. The Balaban J connectivity index is 1.67. The van der Waals surface area contributed by atoms with E-state index in [2.05, 4.69) is 51.0 Å². The predicted molar refractivity (Wildman–Crippen MR) is 110 cm³/mol. The molecule has 0 radical (unpaired) electrons. The van der Waals surface area contributed by atoms with Gasteiger partial charge >= 0.3 is 0 Å². The average molecular weight is 453 g/mol. The number of amides is 1. The number of pyridine rings is 1. The van der Waals surface area contributed by atoms with Gasteiger partial charge in [0.2, 0.25) is 0 Å². The summed E-state index contributed by atoms with van der Waals surface area (Å²) in [5.74, 6) is -0.239. The average Bonchev–Trinajstić information content (AvgIpc) is 2.62. The van der Waals surface area contributed by atoms with Crippen molar-refractivity contribution in [3.8, 4) is 0 Å². The van der Waals surface area contributed by atoms with Gasteiger partial charge in [0.05, 0.1) is 17.8 Å². The Hall–Kier alpha value is -1.47. The smallest absolute Gasteiger partial charge is 0.254 e. The number of nitrogens with zero attached hydrogens (tertiary/aromatic N) is 2. The maximum atomic E-state index is 12.5. The van der Waals surface area contributed by atoms with Gasteiger partial charge in [0, 0.05) is 36.8 Å². The molecule has 2 heterocycles. The summed E-state index contributed by atoms with van der Waals surface area (Å²) in [4.78, 5) is 18.9. The number of nitrogens with one attached hydrogen (secondary N) is 1. The minimum atomic E-state index is -0.239. The molecule has 1 N–H and O–H groups in total. The molecule has 2 aromatic rings. The van der Waals surface area contributed by atoms with Gasteiger partial charge in [-0.05, 0) is 47.0 Å². The van der Waals surface area contributed by atoms with Gasteiger partial charge in [-0.1, -0.05) is 35.9 Å². The number of ether oxygens (including phenoxy) is 1. The molecule has 5 nitrogen and oxygen atoms in total. The second kappa shape index (κ2) is 9.15. The topological polar surface area (TPSA) is 54.5 Å². The predicted octanol–water partition coefficient (Wildman–Crippen LogP) is 4.04. The van der Waals surface area contributed by atoms with E-state index in [1.54, 1.807) is 12.3 Å². The van der Waals surface area contributed by atoms with Crippen LogP contribution in [-0.4, -0.2) is 41.1 Å². The van der Waals surface area contributed by atoms with Crippen LogP contribution < -0.4 is 5.32 Å². The van der Waals surface area contributed by atoms with Crippen molar-refractivity contribution in [3.63, 3.8) is 0 Å². The van der Waals surface area contributed by atoms with Crippen molar-refractivity contribution in [3.05, 3.63) is 62.8 Å². The lowest BCUT2D eigenvalue weighted by Crippen LogP contribution is -2.45. The fourth-order valence-electron chi connectivity index (χ4n) is 3.39. The second-order valence-corrected chi connectivity index (χ2v) is 8.17. The van der Waals surface area contributed by atoms with Gasteiger partial charge in [-0.25, -0.2) is 4.98 Å². The van der Waals surface area contributed by atoms with E-state index >= 15 is 0 Å². The van der Waals surface area contributed by atoms with E-state index in [1.807, 2.05) is 18.2 Å². The lowest BCUT2D eigenvalue weighted by atomic mass is 10.1. The summed E-state index contributed by atoms with van der Waals surface area (Å²) in [7, 11) is 0. The van der Waals surface area contributed by atoms with Gasteiger partial charge in [-0.2, -0.15) is 0 Å². The van der Waals surface area contributed by atoms with Crippen LogP contribution in [0.15, 0.2) is 41.0 Å². The van der Waals surface area contributed by atoms with E-state index in [0.717, 1.165) is 25.2 Å². The van der Waals surface area contributed by atoms with Gasteiger partial charge in [0.25, 0.3) is 5.91 Å². The first-order valence-corrected chi connectivity index (χ1v) is 10.1. The van der Waals surface area contributed by atoms with Crippen LogP contribution in [0.2, 0.25) is 5.15 Å². The quantitative estimate of drug-likeness (QED) is 0.696. The van der Waals surface area contributed by atoms with Crippen molar-refractivity contribution in [2.24, 2.45) is 0 Å². The fraction of sp³-hybridized carbons (Fsp3) is 0.400. The van der Waals surface area contributed by atoms with E-state index in [1.165, 1.54) is 5.56 Å². The van der Waals surface area contributed by atoms with Crippen molar-refractivity contribution in [2.75, 3.05) is 13.1 Å². The molecule has 1 saturated heterocycles. The molecule has 0 aliphatic carbocycles. The Bertz CT molecular complexity index is 808. The molecular formula is C20H23BrClN3O2. The van der Waals surface area contributed by atoms with E-state index < -0.39 is 0 Å². The number of hydrogen-bond donors (Lipinski definition) is 1. The largest absolute Gasteiger partial charge is 0.373 e. The molecule has 3 rings (SSSR count). The molecule has 0 saturated carbocycles. The zero-order chi connectivity index (χ0) is 19.4. The molecule has 1 aliphatic rings. The normalized spacial score (nSPS) is 20.4. The number of hydrogen-bond acceptors (Lipinski definition) is 4. The molecule has 2 atom stereocenters. The number of morpholine rings is 1. The summed E-state index contributed by atoms with van der Waals surface area (Å²) in [5, 5.41) is 3.15. The number of halogens is 2. The molecule has 7 heteroatoms. The minimum absolute atomic E-state index is 0.195. The van der Waals surface area contributed by atoms with Crippen molar-refractivity contribution in [1.29, 1.82) is 0 Å². The number of rotatable bonds is 5. The summed E-state index contributed by atoms with van der Waals surface area (Å²) < 4.78 is 6.53. The highest BCUT2D eigenvalue weighted by Gasteiger charge is 2.22. The standard InChI is InChI=1S/C20H23BrClN3O2/c1-13-10-25(11-14(2)27-13)12-16-6-4-3-5-15(16)8-24-20(26)18-7-17(21)9-23-19(18)22/h3-7,9,13-14H,8,10-12H2,1-2H3,(H,24,26). The van der Waals surface area contributed by atoms with Crippen LogP contribution in [0.25, 0.3) is 0 Å². The van der Waals surface area contributed by atoms with Gasteiger partial charge in [0.1, 0.15) is 5.15 Å². The zero-order valence-electron chi connectivity index (χ0n) is 15.4. The lowest BCUT2D eigenvalue weighted by molar-refractivity contribution is -0.0705. The molecule has 0 bridgehead atoms. The van der Waals surface area contributed by atoms with E-state index in [0.29, 0.717) is 16.6 Å². The van der Waals surface area contributed by atoms with Crippen molar-refractivity contribution >= 4 is 33.4 Å². The number of benzene rings is 1. The van der Waals surface area contributed by atoms with Crippen molar-refractivity contribution in [1.82, 2.24) is 15.2 Å². The first kappa shape index (κ1) is 20.3. The Labute approximate surface area is 173 Å². The Morgan fingerprint density at radius 3 is 2.67 bits per heavy atom. The fourth-order valence-corrected chi connectivity index (χ4v) is 3.91. The maximum Gasteiger partial charge on any atom is 0.254 e. The van der Waals surface area contributed by atoms with E-state index in [9.17, 15) is 4.79 Å². The first-order valence-electron chi connectivity index (χ1n) is 8.96. The van der Waals surface area contributed by atoms with Gasteiger partial charge in [-0.15, -0.1) is 0 Å². The van der Waals surface area contributed by atoms with Crippen LogP contribution in [0.1, 0.15) is 35.3 Å². The summed E-state index contributed by atoms with van der Waals surface area (Å²) in [6.07, 6.45) is 2.03. The molecule has 1 amide bonds. The first-order chi connectivity index (χ1) is 12.9. The van der Waals surface area contributed by atoms with Gasteiger partial charge < -0.3 is 10.1 Å². The molecule has 1 aromatic heterocycles. The maximum absolute atomic E-state index is 12.5. The highest BCUT2D eigenvalue weighted by Crippen LogP contribution is 2.19. The number of aromatic nitrogens is 1. The molecule has 0 spiro atoms. The monoisotopic (exact) mass is 451 g/mol. The highest BCUT2D eigenvalue weighted by atomic mass is 79.9. The van der Waals surface area contributed by atoms with Crippen LogP contribution in [0.3, 0.4) is 0 Å². The molecule has 1 fully saturated rings. The van der Waals surface area contributed by atoms with Crippen molar-refractivity contribution < 1.29 is 9.53 Å². The summed E-state index contributed by atoms with van der Waals surface area (Å²) in [6, 6.07) is 9.85. The third kappa shape index (κ3) is 5.51. The van der Waals surface area contributed by atoms with Crippen molar-refractivity contribution in [2.45, 2.75) is 39.1 Å². The Morgan fingerprint density at radius 2 is 1.96 bits per heavy atom. The van der Waals surface area contributed by atoms with Crippen LogP contribution in [-0.2, 0) is 17.8 Å².